The molecule has 0 bridgehead atoms. The Labute approximate surface area is 127 Å². The first-order valence-corrected chi connectivity index (χ1v) is 7.00. The van der Waals surface area contributed by atoms with E-state index in [1.165, 1.54) is 12.1 Å². The highest BCUT2D eigenvalue weighted by Crippen LogP contribution is 2.30. The van der Waals surface area contributed by atoms with Gasteiger partial charge in [-0.1, -0.05) is 23.2 Å². The number of anilines is 2. The zero-order valence-corrected chi connectivity index (χ0v) is 12.5. The maximum Gasteiger partial charge on any atom is 0.123 e. The number of nitrogen functional groups attached to an aromatic ring is 1. The molecule has 2 N–H and O–H groups in total. The molecule has 2 rings (SSSR count). The van der Waals surface area contributed by atoms with Gasteiger partial charge in [0.1, 0.15) is 5.82 Å². The van der Waals surface area contributed by atoms with Gasteiger partial charge in [0.2, 0.25) is 0 Å². The largest absolute Gasteiger partial charge is 0.396 e. The average molecular weight is 313 g/mol. The second kappa shape index (κ2) is 6.33. The normalized spacial score (nSPS) is 10.6. The van der Waals surface area contributed by atoms with E-state index in [2.05, 4.69) is 4.90 Å². The maximum absolute atomic E-state index is 13.0. The minimum atomic E-state index is -0.247. The van der Waals surface area contributed by atoms with Crippen molar-refractivity contribution >= 4 is 34.6 Å². The molecule has 5 heteroatoms. The second-order valence-electron chi connectivity index (χ2n) is 4.46. The van der Waals surface area contributed by atoms with Crippen molar-refractivity contribution < 1.29 is 4.39 Å². The van der Waals surface area contributed by atoms with Crippen LogP contribution < -0.4 is 10.6 Å². The molecule has 0 aliphatic carbocycles. The van der Waals surface area contributed by atoms with Crippen LogP contribution in [0.15, 0.2) is 36.4 Å². The molecule has 0 aliphatic rings. The van der Waals surface area contributed by atoms with Gasteiger partial charge >= 0.3 is 0 Å². The van der Waals surface area contributed by atoms with Crippen LogP contribution in [0, 0.1) is 5.82 Å². The summed E-state index contributed by atoms with van der Waals surface area (Å²) in [4.78, 5) is 2.09. The van der Waals surface area contributed by atoms with Crippen LogP contribution in [0.1, 0.15) is 12.5 Å². The molecule has 20 heavy (non-hydrogen) atoms. The van der Waals surface area contributed by atoms with Gasteiger partial charge < -0.3 is 10.6 Å². The van der Waals surface area contributed by atoms with E-state index in [1.807, 2.05) is 6.92 Å². The first kappa shape index (κ1) is 14.9. The maximum atomic E-state index is 13.0. The third-order valence-corrected chi connectivity index (χ3v) is 3.71. The van der Waals surface area contributed by atoms with Gasteiger partial charge in [-0.15, -0.1) is 0 Å². The van der Waals surface area contributed by atoms with Gasteiger partial charge in [-0.25, -0.2) is 4.39 Å². The first-order chi connectivity index (χ1) is 9.51. The minimum absolute atomic E-state index is 0.247. The Balaban J connectivity index is 2.24. The molecule has 0 aliphatic heterocycles. The lowest BCUT2D eigenvalue weighted by molar-refractivity contribution is 0.627. The second-order valence-corrected chi connectivity index (χ2v) is 5.28. The van der Waals surface area contributed by atoms with E-state index < -0.39 is 0 Å². The van der Waals surface area contributed by atoms with Gasteiger partial charge in [0.15, 0.2) is 0 Å². The monoisotopic (exact) mass is 312 g/mol. The number of benzene rings is 2. The highest BCUT2D eigenvalue weighted by molar-refractivity contribution is 6.38. The van der Waals surface area contributed by atoms with Gasteiger partial charge in [0.05, 0.1) is 15.7 Å². The minimum Gasteiger partial charge on any atom is -0.396 e. The van der Waals surface area contributed by atoms with Crippen LogP contribution in [0.3, 0.4) is 0 Å². The lowest BCUT2D eigenvalue weighted by atomic mass is 10.1. The van der Waals surface area contributed by atoms with Crippen LogP contribution in [0.5, 0.6) is 0 Å². The Kier molecular flexibility index (Phi) is 4.73. The topological polar surface area (TPSA) is 29.3 Å². The third kappa shape index (κ3) is 3.35. The lowest BCUT2D eigenvalue weighted by Gasteiger charge is -2.23. The Morgan fingerprint density at radius 3 is 2.15 bits per heavy atom. The number of nitrogens with two attached hydrogens (primary N) is 1. The van der Waals surface area contributed by atoms with Gasteiger partial charge in [0.25, 0.3) is 0 Å². The average Bonchev–Trinajstić information content (AvgIpc) is 2.43. The Morgan fingerprint density at radius 2 is 1.65 bits per heavy atom. The Bertz CT molecular complexity index is 576. The molecule has 0 amide bonds. The van der Waals surface area contributed by atoms with Crippen LogP contribution in [0.25, 0.3) is 0 Å². The van der Waals surface area contributed by atoms with Crippen molar-refractivity contribution in [2.45, 2.75) is 13.5 Å². The van der Waals surface area contributed by atoms with Crippen LogP contribution in [-0.2, 0) is 6.54 Å². The van der Waals surface area contributed by atoms with E-state index in [4.69, 9.17) is 28.9 Å². The van der Waals surface area contributed by atoms with Crippen LogP contribution >= 0.6 is 23.2 Å². The summed E-state index contributed by atoms with van der Waals surface area (Å²) in [5.74, 6) is -0.247. The Hall–Kier alpha value is -1.45. The van der Waals surface area contributed by atoms with Crippen LogP contribution in [-0.4, -0.2) is 6.54 Å². The molecule has 0 unspecified atom stereocenters. The van der Waals surface area contributed by atoms with Crippen LogP contribution in [0.4, 0.5) is 15.8 Å². The van der Waals surface area contributed by atoms with Gasteiger partial charge in [-0.05, 0) is 48.9 Å². The van der Waals surface area contributed by atoms with E-state index in [1.54, 1.807) is 24.3 Å². The summed E-state index contributed by atoms with van der Waals surface area (Å²) >= 11 is 12.1. The summed E-state index contributed by atoms with van der Waals surface area (Å²) in [5, 5.41) is 0.894. The van der Waals surface area contributed by atoms with E-state index in [9.17, 15) is 4.39 Å². The highest BCUT2D eigenvalue weighted by Gasteiger charge is 2.09. The van der Waals surface area contributed by atoms with Crippen molar-refractivity contribution in [1.29, 1.82) is 0 Å². The molecule has 106 valence electrons. The highest BCUT2D eigenvalue weighted by atomic mass is 35.5. The quantitative estimate of drug-likeness (QED) is 0.826. The van der Waals surface area contributed by atoms with E-state index in [-0.39, 0.29) is 5.82 Å². The summed E-state index contributed by atoms with van der Waals surface area (Å²) in [6.45, 7) is 3.44. The molecule has 0 radical (unpaired) electrons. The molecule has 0 spiro atoms. The molecule has 2 nitrogen and oxygen atoms in total. The van der Waals surface area contributed by atoms with E-state index >= 15 is 0 Å². The molecule has 0 saturated heterocycles. The summed E-state index contributed by atoms with van der Waals surface area (Å²) in [7, 11) is 0. The summed E-state index contributed by atoms with van der Waals surface area (Å²) < 4.78 is 13.0. The molecule has 0 aromatic heterocycles. The van der Waals surface area contributed by atoms with Crippen molar-refractivity contribution in [1.82, 2.24) is 0 Å². The van der Waals surface area contributed by atoms with Gasteiger partial charge in [0, 0.05) is 18.8 Å². The molecule has 0 atom stereocenters. The summed E-state index contributed by atoms with van der Waals surface area (Å²) in [5.41, 5.74) is 8.01. The zero-order valence-electron chi connectivity index (χ0n) is 11.0. The summed E-state index contributed by atoms with van der Waals surface area (Å²) in [6.07, 6.45) is 0. The molecule has 0 heterocycles. The number of hydrogen-bond acceptors (Lipinski definition) is 2. The first-order valence-electron chi connectivity index (χ1n) is 6.25. The standard InChI is InChI=1S/C15H15Cl2FN2/c1-2-20(12-5-3-11(18)4-6-12)9-10-7-13(16)15(19)14(17)8-10/h3-8H,2,9,19H2,1H3. The summed E-state index contributed by atoms with van der Waals surface area (Å²) in [6, 6.07) is 9.99. The van der Waals surface area contributed by atoms with E-state index in [0.717, 1.165) is 17.8 Å². The fraction of sp³-hybridized carbons (Fsp3) is 0.200. The van der Waals surface area contributed by atoms with E-state index in [0.29, 0.717) is 22.3 Å². The number of nitrogens with zero attached hydrogens (tertiary/aromatic N) is 1. The van der Waals surface area contributed by atoms with Crippen molar-refractivity contribution in [3.8, 4) is 0 Å². The van der Waals surface area contributed by atoms with Crippen LogP contribution in [0.2, 0.25) is 10.0 Å². The molecule has 2 aromatic rings. The fourth-order valence-electron chi connectivity index (χ4n) is 1.99. The third-order valence-electron chi connectivity index (χ3n) is 3.09. The van der Waals surface area contributed by atoms with Crippen molar-refractivity contribution in [2.75, 3.05) is 17.2 Å². The van der Waals surface area contributed by atoms with Gasteiger partial charge in [-0.2, -0.15) is 0 Å². The zero-order chi connectivity index (χ0) is 14.7. The Morgan fingerprint density at radius 1 is 1.10 bits per heavy atom. The van der Waals surface area contributed by atoms with Crippen molar-refractivity contribution in [3.05, 3.63) is 57.8 Å². The predicted octanol–water partition coefficient (Wildman–Crippen LogP) is 4.74. The number of hydrogen-bond donors (Lipinski definition) is 1. The predicted molar refractivity (Wildman–Crippen MR) is 84.0 cm³/mol. The molecule has 2 aromatic carbocycles. The smallest absolute Gasteiger partial charge is 0.123 e. The molecular weight excluding hydrogens is 298 g/mol. The SMILES string of the molecule is CCN(Cc1cc(Cl)c(N)c(Cl)c1)c1ccc(F)cc1. The lowest BCUT2D eigenvalue weighted by Crippen LogP contribution is -2.22. The molecular formula is C15H15Cl2FN2. The fourth-order valence-corrected chi connectivity index (χ4v) is 2.52. The van der Waals surface area contributed by atoms with Gasteiger partial charge in [-0.3, -0.25) is 0 Å². The van der Waals surface area contributed by atoms with Crippen molar-refractivity contribution in [2.24, 2.45) is 0 Å². The number of rotatable bonds is 4. The molecule has 0 fully saturated rings. The van der Waals surface area contributed by atoms with Crippen molar-refractivity contribution in [3.63, 3.8) is 0 Å². The molecule has 0 saturated carbocycles. The number of halogens is 3.